The summed E-state index contributed by atoms with van der Waals surface area (Å²) in [6.07, 6.45) is 58.8. The summed E-state index contributed by atoms with van der Waals surface area (Å²) in [4.78, 5) is 13.3. The minimum Gasteiger partial charge on any atom is -0.394 e. The molecular weight excluding hydrogens is 1060 g/mol. The minimum absolute atomic E-state index is 0.257. The third kappa shape index (κ3) is 38.2. The Morgan fingerprint density at radius 2 is 0.833 bits per heavy atom. The van der Waals surface area contributed by atoms with E-state index in [1.54, 1.807) is 6.08 Å². The van der Waals surface area contributed by atoms with Gasteiger partial charge in [-0.25, -0.2) is 0 Å². The van der Waals surface area contributed by atoms with E-state index in [0.29, 0.717) is 12.8 Å². The van der Waals surface area contributed by atoms with Crippen molar-refractivity contribution < 1.29 is 64.6 Å². The predicted molar refractivity (Wildman–Crippen MR) is 341 cm³/mol. The van der Waals surface area contributed by atoms with Crippen molar-refractivity contribution in [2.24, 2.45) is 0 Å². The Morgan fingerprint density at radius 1 is 0.440 bits per heavy atom. The molecular formula is C70H121NO13. The largest absolute Gasteiger partial charge is 0.394 e. The van der Waals surface area contributed by atoms with E-state index in [0.717, 1.165) is 83.5 Å². The third-order valence-electron chi connectivity index (χ3n) is 15.7. The molecule has 12 atom stereocenters. The highest BCUT2D eigenvalue weighted by molar-refractivity contribution is 5.76. The lowest BCUT2D eigenvalue weighted by atomic mass is 9.97. The van der Waals surface area contributed by atoms with Gasteiger partial charge in [-0.15, -0.1) is 0 Å². The van der Waals surface area contributed by atoms with Crippen molar-refractivity contribution in [2.45, 2.75) is 319 Å². The second-order valence-electron chi connectivity index (χ2n) is 23.2. The van der Waals surface area contributed by atoms with Crippen LogP contribution in [0.5, 0.6) is 0 Å². The molecule has 0 aliphatic carbocycles. The van der Waals surface area contributed by atoms with Crippen molar-refractivity contribution in [2.75, 3.05) is 19.8 Å². The Hall–Kier alpha value is -3.09. The molecule has 2 saturated heterocycles. The van der Waals surface area contributed by atoms with E-state index in [1.807, 2.05) is 6.08 Å². The number of carbonyl (C=O) groups excluding carboxylic acids is 1. The first-order chi connectivity index (χ1) is 41.1. The number of allylic oxidation sites excluding steroid dienone is 15. The number of amides is 1. The van der Waals surface area contributed by atoms with Crippen molar-refractivity contribution in [1.82, 2.24) is 5.32 Å². The molecule has 0 saturated carbocycles. The van der Waals surface area contributed by atoms with Crippen LogP contribution in [0.3, 0.4) is 0 Å². The number of hydrogen-bond donors (Lipinski definition) is 9. The smallest absolute Gasteiger partial charge is 0.220 e. The number of hydrogen-bond acceptors (Lipinski definition) is 13. The van der Waals surface area contributed by atoms with Crippen LogP contribution in [0.15, 0.2) is 97.2 Å². The summed E-state index contributed by atoms with van der Waals surface area (Å²) in [6.45, 7) is 2.67. The van der Waals surface area contributed by atoms with Crippen LogP contribution in [0.2, 0.25) is 0 Å². The normalized spacial score (nSPS) is 24.3. The van der Waals surface area contributed by atoms with Gasteiger partial charge in [0.15, 0.2) is 12.6 Å². The lowest BCUT2D eigenvalue weighted by molar-refractivity contribution is -0.359. The van der Waals surface area contributed by atoms with E-state index in [2.05, 4.69) is 104 Å². The molecule has 84 heavy (non-hydrogen) atoms. The summed E-state index contributed by atoms with van der Waals surface area (Å²) in [7, 11) is 0. The zero-order valence-electron chi connectivity index (χ0n) is 52.4. The number of aliphatic hydroxyl groups excluding tert-OH is 8. The van der Waals surface area contributed by atoms with Gasteiger partial charge in [0.25, 0.3) is 0 Å². The lowest BCUT2D eigenvalue weighted by Gasteiger charge is -2.46. The molecule has 14 heteroatoms. The molecule has 2 aliphatic rings. The molecule has 2 aliphatic heterocycles. The van der Waals surface area contributed by atoms with Gasteiger partial charge in [-0.2, -0.15) is 0 Å². The quantitative estimate of drug-likeness (QED) is 0.0204. The molecule has 2 fully saturated rings. The van der Waals surface area contributed by atoms with Crippen LogP contribution in [-0.4, -0.2) is 140 Å². The van der Waals surface area contributed by atoms with Crippen LogP contribution in [0.1, 0.15) is 245 Å². The maximum Gasteiger partial charge on any atom is 0.220 e. The van der Waals surface area contributed by atoms with E-state index in [1.165, 1.54) is 128 Å². The van der Waals surface area contributed by atoms with Crippen molar-refractivity contribution in [3.63, 3.8) is 0 Å². The number of ether oxygens (including phenoxy) is 4. The number of aliphatic hydroxyl groups is 8. The lowest BCUT2D eigenvalue weighted by Crippen LogP contribution is -2.65. The number of carbonyl (C=O) groups is 1. The molecule has 12 unspecified atom stereocenters. The Balaban J connectivity index is 1.72. The van der Waals surface area contributed by atoms with Gasteiger partial charge in [-0.05, 0) is 89.9 Å². The van der Waals surface area contributed by atoms with E-state index >= 15 is 0 Å². The highest BCUT2D eigenvalue weighted by Gasteiger charge is 2.51. The first kappa shape index (κ1) is 77.0. The zero-order valence-corrected chi connectivity index (χ0v) is 52.4. The summed E-state index contributed by atoms with van der Waals surface area (Å²) < 4.78 is 22.8. The Labute approximate surface area is 509 Å². The second kappa shape index (κ2) is 54.1. The fourth-order valence-electron chi connectivity index (χ4n) is 10.4. The number of nitrogens with one attached hydrogen (secondary N) is 1. The van der Waals surface area contributed by atoms with Crippen LogP contribution >= 0.6 is 0 Å². The molecule has 0 spiro atoms. The van der Waals surface area contributed by atoms with Gasteiger partial charge in [-0.1, -0.05) is 246 Å². The van der Waals surface area contributed by atoms with Crippen LogP contribution < -0.4 is 5.32 Å². The summed E-state index contributed by atoms with van der Waals surface area (Å²) in [5.74, 6) is -0.257. The molecule has 1 amide bonds. The first-order valence-electron chi connectivity index (χ1n) is 33.5. The highest BCUT2D eigenvalue weighted by Crippen LogP contribution is 2.30. The van der Waals surface area contributed by atoms with Gasteiger partial charge in [0.2, 0.25) is 5.91 Å². The summed E-state index contributed by atoms with van der Waals surface area (Å²) >= 11 is 0. The molecule has 0 aromatic heterocycles. The average Bonchev–Trinajstić information content (AvgIpc) is 3.24. The average molecular weight is 1180 g/mol. The standard InChI is InChI=1S/C70H121NO13/c1-3-5-7-9-11-13-15-17-19-21-23-25-26-27-28-29-30-31-32-34-36-38-40-42-44-46-48-50-52-54-62(75)71-58(59(74)53-51-49-47-45-43-41-39-37-35-33-24-22-20-18-16-14-12-10-8-6-4-2)57-81-69-67(80)65(78)68(61(56-73)83-69)84-70-66(79)64(77)63(76)60(55-72)82-70/h5,7,11,13,17,19,23,25,27-28,35,37,43,45,51,53,58-61,63-70,72-74,76-80H,3-4,6,8-10,12,14-16,18,20-22,24,26,29-34,36,38-42,44,46-50,52,54-57H2,1-2H3,(H,71,75)/b7-5-,13-11-,19-17-,25-23-,28-27-,37-35+,45-43+,53-51+. The van der Waals surface area contributed by atoms with Crippen LogP contribution in [0, 0.1) is 0 Å². The molecule has 0 aromatic rings. The van der Waals surface area contributed by atoms with E-state index in [-0.39, 0.29) is 18.9 Å². The molecule has 2 heterocycles. The third-order valence-corrected chi connectivity index (χ3v) is 15.7. The maximum atomic E-state index is 13.3. The molecule has 0 bridgehead atoms. The van der Waals surface area contributed by atoms with E-state index in [4.69, 9.17) is 18.9 Å². The molecule has 484 valence electrons. The number of rotatable bonds is 53. The highest BCUT2D eigenvalue weighted by atomic mass is 16.7. The molecule has 14 nitrogen and oxygen atoms in total. The van der Waals surface area contributed by atoms with Gasteiger partial charge in [0.1, 0.15) is 48.8 Å². The second-order valence-corrected chi connectivity index (χ2v) is 23.2. The SMILES string of the molecule is CC/C=C\C/C=C\C/C=C\C/C=C\C/C=C\CCCCCCCCCCCCCCCC(=O)NC(COC1OC(CO)C(OC2OC(CO)C(O)C(O)C2O)C(O)C1O)C(O)/C=C/CC/C=C/CC/C=C/CCCCCCCCCCCCC. The van der Waals surface area contributed by atoms with Gasteiger partial charge in [0.05, 0.1) is 32.0 Å². The van der Waals surface area contributed by atoms with Crippen LogP contribution in [-0.2, 0) is 23.7 Å². The topological polar surface area (TPSA) is 228 Å². The van der Waals surface area contributed by atoms with Gasteiger partial charge >= 0.3 is 0 Å². The maximum absolute atomic E-state index is 13.3. The van der Waals surface area contributed by atoms with Crippen molar-refractivity contribution in [3.05, 3.63) is 97.2 Å². The van der Waals surface area contributed by atoms with Crippen LogP contribution in [0.4, 0.5) is 0 Å². The fraction of sp³-hybridized carbons (Fsp3) is 0.757. The van der Waals surface area contributed by atoms with Crippen molar-refractivity contribution >= 4 is 5.91 Å². The molecule has 2 rings (SSSR count). The van der Waals surface area contributed by atoms with E-state index in [9.17, 15) is 45.6 Å². The number of unbranched alkanes of at least 4 members (excludes halogenated alkanes) is 26. The summed E-state index contributed by atoms with van der Waals surface area (Å²) in [5.41, 5.74) is 0. The molecule has 9 N–H and O–H groups in total. The Bertz CT molecular complexity index is 1780. The monoisotopic (exact) mass is 1180 g/mol. The summed E-state index contributed by atoms with van der Waals surface area (Å²) in [5, 5.41) is 87.3. The Kier molecular flexibility index (Phi) is 49.6. The van der Waals surface area contributed by atoms with Gasteiger partial charge in [0, 0.05) is 6.42 Å². The van der Waals surface area contributed by atoms with Gasteiger partial charge in [-0.3, -0.25) is 4.79 Å². The predicted octanol–water partition coefficient (Wildman–Crippen LogP) is 13.0. The molecule has 0 aromatic carbocycles. The van der Waals surface area contributed by atoms with Crippen molar-refractivity contribution in [1.29, 1.82) is 0 Å². The van der Waals surface area contributed by atoms with Crippen molar-refractivity contribution in [3.8, 4) is 0 Å². The first-order valence-corrected chi connectivity index (χ1v) is 33.5. The van der Waals surface area contributed by atoms with E-state index < -0.39 is 86.8 Å². The van der Waals surface area contributed by atoms with Crippen LogP contribution in [0.25, 0.3) is 0 Å². The zero-order chi connectivity index (χ0) is 60.9. The summed E-state index contributed by atoms with van der Waals surface area (Å²) in [6, 6.07) is -0.945. The Morgan fingerprint density at radius 3 is 1.31 bits per heavy atom. The van der Waals surface area contributed by atoms with Gasteiger partial charge < -0.3 is 65.1 Å². The molecule has 0 radical (unpaired) electrons. The minimum atomic E-state index is -1.80. The fourth-order valence-corrected chi connectivity index (χ4v) is 10.4.